The first-order chi connectivity index (χ1) is 4.04. The topological polar surface area (TPSA) is 17.1 Å². The minimum absolute atomic E-state index is 0.166. The Balaban J connectivity index is 4.00. The van der Waals surface area contributed by atoms with E-state index in [4.69, 9.17) is 0 Å². The molecule has 9 heavy (non-hydrogen) atoms. The Labute approximate surface area is 61.6 Å². The zero-order valence-corrected chi connectivity index (χ0v) is 6.90. The standard InChI is InChI=1S/C7H12OS/c1-5(2)6(3)4-7(8)9/h4-5H,1-3H3,(H,8,9). The van der Waals surface area contributed by atoms with Crippen molar-refractivity contribution in [3.8, 4) is 0 Å². The lowest BCUT2D eigenvalue weighted by molar-refractivity contribution is -0.106. The molecule has 0 aliphatic carbocycles. The predicted molar refractivity (Wildman–Crippen MR) is 42.6 cm³/mol. The largest absolute Gasteiger partial charge is 0.283 e. The number of hydrogen-bond acceptors (Lipinski definition) is 1. The second kappa shape index (κ2) is 3.72. The van der Waals surface area contributed by atoms with Crippen LogP contribution in [0.25, 0.3) is 0 Å². The summed E-state index contributed by atoms with van der Waals surface area (Å²) in [4.78, 5) is 10.3. The molecule has 0 aromatic carbocycles. The van der Waals surface area contributed by atoms with Crippen LogP contribution < -0.4 is 0 Å². The average Bonchev–Trinajstić information content (AvgIpc) is 1.63. The van der Waals surface area contributed by atoms with Gasteiger partial charge in [0.25, 0.3) is 0 Å². The Morgan fingerprint density at radius 1 is 1.56 bits per heavy atom. The molecule has 0 rings (SSSR count). The van der Waals surface area contributed by atoms with Gasteiger partial charge < -0.3 is 0 Å². The van der Waals surface area contributed by atoms with Gasteiger partial charge in [0, 0.05) is 0 Å². The van der Waals surface area contributed by atoms with Crippen LogP contribution in [0.1, 0.15) is 20.8 Å². The zero-order chi connectivity index (χ0) is 7.44. The van der Waals surface area contributed by atoms with Crippen LogP contribution in [0.2, 0.25) is 0 Å². The fourth-order valence-electron chi connectivity index (χ4n) is 0.361. The number of thiol groups is 1. The van der Waals surface area contributed by atoms with Crippen molar-refractivity contribution in [1.82, 2.24) is 0 Å². The highest BCUT2D eigenvalue weighted by Crippen LogP contribution is 2.07. The Hall–Kier alpha value is -0.240. The van der Waals surface area contributed by atoms with E-state index in [1.807, 2.05) is 20.8 Å². The lowest BCUT2D eigenvalue weighted by Crippen LogP contribution is -1.90. The Morgan fingerprint density at radius 3 is 2.11 bits per heavy atom. The molecule has 0 aromatic heterocycles. The van der Waals surface area contributed by atoms with Crippen molar-refractivity contribution < 1.29 is 4.79 Å². The van der Waals surface area contributed by atoms with Crippen LogP contribution in [-0.2, 0) is 4.79 Å². The average molecular weight is 144 g/mol. The molecule has 0 amide bonds. The highest BCUT2D eigenvalue weighted by molar-refractivity contribution is 7.97. The second-order valence-electron chi connectivity index (χ2n) is 2.38. The van der Waals surface area contributed by atoms with E-state index < -0.39 is 0 Å². The van der Waals surface area contributed by atoms with E-state index in [1.165, 1.54) is 0 Å². The summed E-state index contributed by atoms with van der Waals surface area (Å²) in [5.41, 5.74) is 1.08. The van der Waals surface area contributed by atoms with Crippen molar-refractivity contribution in [3.05, 3.63) is 11.6 Å². The number of allylic oxidation sites excluding steroid dienone is 1. The van der Waals surface area contributed by atoms with E-state index in [-0.39, 0.29) is 5.12 Å². The fourth-order valence-corrected chi connectivity index (χ4v) is 0.565. The van der Waals surface area contributed by atoms with Crippen LogP contribution >= 0.6 is 12.6 Å². The number of carbonyl (C=O) groups is 1. The summed E-state index contributed by atoms with van der Waals surface area (Å²) >= 11 is 3.62. The van der Waals surface area contributed by atoms with E-state index in [1.54, 1.807) is 6.08 Å². The molecule has 1 nitrogen and oxygen atoms in total. The third-order valence-electron chi connectivity index (χ3n) is 1.26. The van der Waals surface area contributed by atoms with Gasteiger partial charge in [-0.25, -0.2) is 0 Å². The van der Waals surface area contributed by atoms with Crippen molar-refractivity contribution in [2.45, 2.75) is 20.8 Å². The summed E-state index contributed by atoms with van der Waals surface area (Å²) in [5, 5.41) is -0.166. The maximum atomic E-state index is 10.3. The SMILES string of the molecule is CC(=CC(=O)S)C(C)C. The molecule has 0 bridgehead atoms. The first kappa shape index (κ1) is 8.76. The predicted octanol–water partition coefficient (Wildman–Crippen LogP) is 2.05. The maximum Gasteiger partial charge on any atom is 0.209 e. The van der Waals surface area contributed by atoms with Crippen LogP contribution in [0.15, 0.2) is 11.6 Å². The molecule has 0 N–H and O–H groups in total. The molecule has 0 aromatic rings. The molecular formula is C7H12OS. The van der Waals surface area contributed by atoms with E-state index in [2.05, 4.69) is 12.6 Å². The van der Waals surface area contributed by atoms with E-state index in [9.17, 15) is 4.79 Å². The normalized spacial score (nSPS) is 12.3. The van der Waals surface area contributed by atoms with Gasteiger partial charge in [0.1, 0.15) is 0 Å². The molecule has 0 saturated carbocycles. The molecule has 0 spiro atoms. The Bertz CT molecular complexity index is 136. The first-order valence-electron chi connectivity index (χ1n) is 2.95. The molecule has 52 valence electrons. The van der Waals surface area contributed by atoms with Crippen molar-refractivity contribution in [1.29, 1.82) is 0 Å². The molecule has 0 fully saturated rings. The fraction of sp³-hybridized carbons (Fsp3) is 0.571. The third kappa shape index (κ3) is 4.28. The van der Waals surface area contributed by atoms with Gasteiger partial charge in [-0.15, -0.1) is 12.6 Å². The zero-order valence-electron chi connectivity index (χ0n) is 6.01. The molecule has 0 radical (unpaired) electrons. The molecular weight excluding hydrogens is 132 g/mol. The summed E-state index contributed by atoms with van der Waals surface area (Å²) in [7, 11) is 0. The minimum atomic E-state index is -0.166. The smallest absolute Gasteiger partial charge is 0.209 e. The number of rotatable bonds is 2. The van der Waals surface area contributed by atoms with E-state index >= 15 is 0 Å². The molecule has 0 atom stereocenters. The van der Waals surface area contributed by atoms with Gasteiger partial charge in [-0.3, -0.25) is 4.79 Å². The second-order valence-corrected chi connectivity index (χ2v) is 2.82. The van der Waals surface area contributed by atoms with Crippen LogP contribution in [0, 0.1) is 5.92 Å². The van der Waals surface area contributed by atoms with Gasteiger partial charge in [-0.2, -0.15) is 0 Å². The van der Waals surface area contributed by atoms with E-state index in [0.29, 0.717) is 5.92 Å². The van der Waals surface area contributed by atoms with Gasteiger partial charge in [-0.1, -0.05) is 19.4 Å². The van der Waals surface area contributed by atoms with E-state index in [0.717, 1.165) is 5.57 Å². The van der Waals surface area contributed by atoms with Crippen LogP contribution in [0.5, 0.6) is 0 Å². The molecule has 2 heteroatoms. The summed E-state index contributed by atoms with van der Waals surface area (Å²) in [6.07, 6.45) is 1.55. The van der Waals surface area contributed by atoms with Crippen molar-refractivity contribution in [3.63, 3.8) is 0 Å². The quantitative estimate of drug-likeness (QED) is 0.463. The number of carbonyl (C=O) groups excluding carboxylic acids is 1. The summed E-state index contributed by atoms with van der Waals surface area (Å²) in [6.45, 7) is 6.02. The lowest BCUT2D eigenvalue weighted by Gasteiger charge is -2.01. The Kier molecular flexibility index (Phi) is 3.62. The third-order valence-corrected chi connectivity index (χ3v) is 1.39. The number of hydrogen-bond donors (Lipinski definition) is 1. The van der Waals surface area contributed by atoms with Crippen LogP contribution in [0.3, 0.4) is 0 Å². The Morgan fingerprint density at radius 2 is 2.00 bits per heavy atom. The lowest BCUT2D eigenvalue weighted by atomic mass is 10.1. The summed E-state index contributed by atoms with van der Waals surface area (Å²) in [6, 6.07) is 0. The van der Waals surface area contributed by atoms with Gasteiger partial charge >= 0.3 is 0 Å². The molecule has 0 aliphatic heterocycles. The minimum Gasteiger partial charge on any atom is -0.283 e. The molecule has 0 saturated heterocycles. The van der Waals surface area contributed by atoms with Gasteiger partial charge in [0.2, 0.25) is 5.12 Å². The summed E-state index contributed by atoms with van der Waals surface area (Å²) in [5.74, 6) is 0.445. The van der Waals surface area contributed by atoms with Gasteiger partial charge in [-0.05, 0) is 18.9 Å². The van der Waals surface area contributed by atoms with Gasteiger partial charge in [0.15, 0.2) is 0 Å². The molecule has 0 aliphatic rings. The van der Waals surface area contributed by atoms with Crippen molar-refractivity contribution in [2.24, 2.45) is 5.92 Å². The maximum absolute atomic E-state index is 10.3. The van der Waals surface area contributed by atoms with Crippen molar-refractivity contribution in [2.75, 3.05) is 0 Å². The first-order valence-corrected chi connectivity index (χ1v) is 3.40. The van der Waals surface area contributed by atoms with Gasteiger partial charge in [0.05, 0.1) is 0 Å². The van der Waals surface area contributed by atoms with Crippen molar-refractivity contribution >= 4 is 17.7 Å². The van der Waals surface area contributed by atoms with Crippen LogP contribution in [-0.4, -0.2) is 5.12 Å². The highest BCUT2D eigenvalue weighted by Gasteiger charge is 1.96. The highest BCUT2D eigenvalue weighted by atomic mass is 32.1. The molecule has 0 unspecified atom stereocenters. The molecule has 0 heterocycles. The summed E-state index contributed by atoms with van der Waals surface area (Å²) < 4.78 is 0. The monoisotopic (exact) mass is 144 g/mol. The van der Waals surface area contributed by atoms with Crippen LogP contribution in [0.4, 0.5) is 0 Å².